The van der Waals surface area contributed by atoms with Gasteiger partial charge in [-0.3, -0.25) is 0 Å². The van der Waals surface area contributed by atoms with Gasteiger partial charge in [-0.15, -0.1) is 0 Å². The lowest BCUT2D eigenvalue weighted by Crippen LogP contribution is -2.29. The van der Waals surface area contributed by atoms with Crippen molar-refractivity contribution in [2.45, 2.75) is 34.1 Å². The zero-order chi connectivity index (χ0) is 18.2. The maximum absolute atomic E-state index is 12.5. The number of hydrazine groups is 1. The van der Waals surface area contributed by atoms with Gasteiger partial charge in [-0.1, -0.05) is 36.5 Å². The lowest BCUT2D eigenvalue weighted by atomic mass is 9.98. The van der Waals surface area contributed by atoms with E-state index in [4.69, 9.17) is 5.73 Å². The van der Waals surface area contributed by atoms with Crippen molar-refractivity contribution in [1.29, 1.82) is 0 Å². The first-order chi connectivity index (χ1) is 10.5. The lowest BCUT2D eigenvalue weighted by molar-refractivity contribution is 0.331. The molecule has 0 aliphatic carbocycles. The molecular weight excluding hydrogens is 289 g/mol. The van der Waals surface area contributed by atoms with Crippen LogP contribution in [0.25, 0.3) is 0 Å². The highest BCUT2D eigenvalue weighted by Gasteiger charge is 2.05. The molecule has 0 amide bonds. The predicted octanol–water partition coefficient (Wildman–Crippen LogP) is 4.51. The quantitative estimate of drug-likeness (QED) is 0.393. The van der Waals surface area contributed by atoms with Crippen molar-refractivity contribution in [3.8, 4) is 0 Å². The summed E-state index contributed by atoms with van der Waals surface area (Å²) >= 11 is 0. The van der Waals surface area contributed by atoms with Crippen molar-refractivity contribution in [3.63, 3.8) is 0 Å². The van der Waals surface area contributed by atoms with Crippen LogP contribution in [-0.4, -0.2) is 19.1 Å². The van der Waals surface area contributed by atoms with E-state index in [9.17, 15) is 4.39 Å². The molecule has 0 radical (unpaired) electrons. The van der Waals surface area contributed by atoms with Crippen molar-refractivity contribution in [2.75, 3.05) is 14.1 Å². The molecule has 0 aromatic carbocycles. The predicted molar refractivity (Wildman–Crippen MR) is 99.0 cm³/mol. The maximum Gasteiger partial charge on any atom is 0.184 e. The molecule has 0 saturated carbocycles. The molecule has 0 fully saturated rings. The number of nitrogens with two attached hydrogens (primary N) is 1. The van der Waals surface area contributed by atoms with E-state index in [1.54, 1.807) is 6.08 Å². The molecule has 0 atom stereocenters. The summed E-state index contributed by atoms with van der Waals surface area (Å²) in [5.41, 5.74) is 14.2. The molecule has 0 heterocycles. The second-order valence-corrected chi connectivity index (χ2v) is 6.00. The van der Waals surface area contributed by atoms with Crippen molar-refractivity contribution < 1.29 is 4.39 Å². The number of hydrogen-bond donors (Lipinski definition) is 2. The Balaban J connectivity index is 5.09. The number of nitrogens with one attached hydrogen (secondary N) is 1. The third kappa shape index (κ3) is 8.83. The molecule has 3 nitrogen and oxygen atoms in total. The summed E-state index contributed by atoms with van der Waals surface area (Å²) in [6, 6.07) is 0. The summed E-state index contributed by atoms with van der Waals surface area (Å²) in [6.07, 6.45) is 5.84. The van der Waals surface area contributed by atoms with Crippen molar-refractivity contribution in [3.05, 3.63) is 70.9 Å². The van der Waals surface area contributed by atoms with Crippen LogP contribution in [-0.2, 0) is 0 Å². The first kappa shape index (κ1) is 20.9. The van der Waals surface area contributed by atoms with E-state index in [0.717, 1.165) is 34.4 Å². The van der Waals surface area contributed by atoms with Crippen LogP contribution in [0.2, 0.25) is 0 Å². The summed E-state index contributed by atoms with van der Waals surface area (Å²) in [4.78, 5) is 0. The van der Waals surface area contributed by atoms with Gasteiger partial charge in [0.25, 0.3) is 0 Å². The average molecular weight is 319 g/mol. The summed E-state index contributed by atoms with van der Waals surface area (Å²) in [6.45, 7) is 16.2. The molecule has 0 rings (SSSR count). The molecule has 0 aliphatic heterocycles. The standard InChI is InChI=1S/C19H30FN3/c1-13(9-10-19(20)21)11-14(2)12-15(3)16(4)17(5)18(6)22-23(7)8/h9-10,12,22H,5-6,11,21H2,1-4,7-8H3/b13-9-,14-12+,16-15+,19-10-. The van der Waals surface area contributed by atoms with Gasteiger partial charge < -0.3 is 11.2 Å². The van der Waals surface area contributed by atoms with Crippen LogP contribution < -0.4 is 11.2 Å². The van der Waals surface area contributed by atoms with Crippen LogP contribution in [0.3, 0.4) is 0 Å². The maximum atomic E-state index is 12.5. The smallest absolute Gasteiger partial charge is 0.184 e. The first-order valence-electron chi connectivity index (χ1n) is 7.50. The minimum absolute atomic E-state index is 0.680. The third-order valence-electron chi connectivity index (χ3n) is 3.31. The van der Waals surface area contributed by atoms with Gasteiger partial charge in [0.05, 0.1) is 0 Å². The molecule has 0 aromatic rings. The zero-order valence-electron chi connectivity index (χ0n) is 15.3. The van der Waals surface area contributed by atoms with Crippen molar-refractivity contribution in [2.24, 2.45) is 5.73 Å². The number of nitrogens with zero attached hydrogens (tertiary/aromatic N) is 1. The van der Waals surface area contributed by atoms with Crippen LogP contribution >= 0.6 is 0 Å². The molecule has 0 bridgehead atoms. The van der Waals surface area contributed by atoms with Gasteiger partial charge in [-0.25, -0.2) is 5.01 Å². The lowest BCUT2D eigenvalue weighted by Gasteiger charge is -2.19. The minimum atomic E-state index is -0.680. The average Bonchev–Trinajstić information content (AvgIpc) is 2.42. The molecule has 4 heteroatoms. The summed E-state index contributed by atoms with van der Waals surface area (Å²) < 4.78 is 12.5. The fourth-order valence-electron chi connectivity index (χ4n) is 2.05. The van der Waals surface area contributed by atoms with Crippen LogP contribution in [0.5, 0.6) is 0 Å². The molecule has 0 spiro atoms. The van der Waals surface area contributed by atoms with Gasteiger partial charge in [0, 0.05) is 19.8 Å². The molecule has 0 saturated heterocycles. The van der Waals surface area contributed by atoms with Gasteiger partial charge in [-0.2, -0.15) is 4.39 Å². The number of rotatable bonds is 8. The molecular formula is C19H30FN3. The topological polar surface area (TPSA) is 41.3 Å². The largest absolute Gasteiger partial charge is 0.376 e. The Bertz CT molecular complexity index is 571. The highest BCUT2D eigenvalue weighted by molar-refractivity contribution is 5.46. The van der Waals surface area contributed by atoms with E-state index < -0.39 is 5.95 Å². The van der Waals surface area contributed by atoms with E-state index in [-0.39, 0.29) is 0 Å². The normalized spacial score (nSPS) is 14.7. The van der Waals surface area contributed by atoms with Crippen LogP contribution in [0.15, 0.2) is 70.9 Å². The number of halogens is 1. The fraction of sp³-hybridized carbons (Fsp3) is 0.368. The molecule has 23 heavy (non-hydrogen) atoms. The van der Waals surface area contributed by atoms with Gasteiger partial charge >= 0.3 is 0 Å². The van der Waals surface area contributed by atoms with Crippen molar-refractivity contribution >= 4 is 0 Å². The summed E-state index contributed by atoms with van der Waals surface area (Å²) in [7, 11) is 3.81. The summed E-state index contributed by atoms with van der Waals surface area (Å²) in [5, 5.41) is 1.83. The van der Waals surface area contributed by atoms with Gasteiger partial charge in [-0.05, 0) is 56.9 Å². The Hall–Kier alpha value is -2.07. The van der Waals surface area contributed by atoms with E-state index >= 15 is 0 Å². The summed E-state index contributed by atoms with van der Waals surface area (Å²) in [5.74, 6) is -0.680. The van der Waals surface area contributed by atoms with Gasteiger partial charge in [0.1, 0.15) is 0 Å². The minimum Gasteiger partial charge on any atom is -0.376 e. The Kier molecular flexibility index (Phi) is 8.96. The molecule has 128 valence electrons. The Morgan fingerprint density at radius 1 is 1.09 bits per heavy atom. The van der Waals surface area contributed by atoms with Gasteiger partial charge in [0.2, 0.25) is 0 Å². The van der Waals surface area contributed by atoms with Crippen LogP contribution in [0.1, 0.15) is 34.1 Å². The van der Waals surface area contributed by atoms with Crippen molar-refractivity contribution in [1.82, 2.24) is 10.4 Å². The zero-order valence-corrected chi connectivity index (χ0v) is 15.3. The van der Waals surface area contributed by atoms with E-state index in [1.165, 1.54) is 11.6 Å². The third-order valence-corrected chi connectivity index (χ3v) is 3.31. The number of hydrogen-bond acceptors (Lipinski definition) is 3. The molecule has 0 unspecified atom stereocenters. The second-order valence-electron chi connectivity index (χ2n) is 6.00. The first-order valence-corrected chi connectivity index (χ1v) is 7.50. The second kappa shape index (κ2) is 9.85. The molecule has 3 N–H and O–H groups in total. The molecule has 0 aliphatic rings. The van der Waals surface area contributed by atoms with E-state index in [1.807, 2.05) is 46.8 Å². The van der Waals surface area contributed by atoms with Crippen LogP contribution in [0.4, 0.5) is 4.39 Å². The van der Waals surface area contributed by atoms with Gasteiger partial charge in [0.15, 0.2) is 5.95 Å². The fourth-order valence-corrected chi connectivity index (χ4v) is 2.05. The highest BCUT2D eigenvalue weighted by Crippen LogP contribution is 2.21. The Labute approximate surface area is 140 Å². The number of allylic oxidation sites excluding steroid dienone is 7. The van der Waals surface area contributed by atoms with E-state index in [2.05, 4.69) is 24.7 Å². The SMILES string of the molecule is C=C(NN(C)C)C(=C)/C(C)=C(C)/C=C(\C)C/C(C)=C\C=C(/N)F. The molecule has 0 aromatic heterocycles. The van der Waals surface area contributed by atoms with Crippen LogP contribution in [0, 0.1) is 0 Å². The van der Waals surface area contributed by atoms with E-state index in [0.29, 0.717) is 0 Å². The highest BCUT2D eigenvalue weighted by atomic mass is 19.1. The monoisotopic (exact) mass is 319 g/mol. The Morgan fingerprint density at radius 3 is 2.13 bits per heavy atom. The Morgan fingerprint density at radius 2 is 1.65 bits per heavy atom.